The zero-order chi connectivity index (χ0) is 29.5. The molecule has 10 fully saturated rings. The average Bonchev–Trinajstić information content (AvgIpc) is 3.78. The van der Waals surface area contributed by atoms with Crippen LogP contribution in [0.3, 0.4) is 0 Å². The van der Waals surface area contributed by atoms with Gasteiger partial charge in [0.1, 0.15) is 0 Å². The third kappa shape index (κ3) is 5.12. The first kappa shape index (κ1) is 30.1. The van der Waals surface area contributed by atoms with E-state index in [1.165, 1.54) is 64.2 Å². The van der Waals surface area contributed by atoms with Gasteiger partial charge in [-0.1, -0.05) is 64.2 Å². The number of likely N-dealkylation sites (tertiary alicyclic amines) is 1. The first-order chi connectivity index (χ1) is 22.3. The van der Waals surface area contributed by atoms with Crippen molar-refractivity contribution in [2.75, 3.05) is 0 Å². The molecule has 7 aliphatic carbocycles. The molecular weight excluding hydrogens is 567 g/mol. The Hall–Kier alpha value is 0.270. The van der Waals surface area contributed by atoms with Crippen molar-refractivity contribution in [3.63, 3.8) is 0 Å². The first-order valence-corrected chi connectivity index (χ1v) is 22.3. The predicted molar refractivity (Wildman–Crippen MR) is 187 cm³/mol. The van der Waals surface area contributed by atoms with Gasteiger partial charge in [0, 0.05) is 34.5 Å². The smallest absolute Gasteiger partial charge is 0.0621 e. The summed E-state index contributed by atoms with van der Waals surface area (Å²) < 4.78 is 6.83. The zero-order valence-electron chi connectivity index (χ0n) is 28.8. The summed E-state index contributed by atoms with van der Waals surface area (Å²) in [5, 5.41) is 1.97. The highest BCUT2D eigenvalue weighted by atomic mass is 32.2. The molecule has 10 rings (SSSR count). The van der Waals surface area contributed by atoms with Crippen LogP contribution >= 0.6 is 11.8 Å². The average molecular weight is 634 g/mol. The van der Waals surface area contributed by atoms with Gasteiger partial charge in [0.25, 0.3) is 0 Å². The van der Waals surface area contributed by atoms with Crippen LogP contribution in [0.2, 0.25) is 0 Å². The van der Waals surface area contributed by atoms with E-state index in [2.05, 4.69) is 16.7 Å². The van der Waals surface area contributed by atoms with Crippen molar-refractivity contribution < 1.29 is 4.74 Å². The van der Waals surface area contributed by atoms with Crippen molar-refractivity contribution in [1.82, 2.24) is 4.90 Å². The SMILES string of the molecule is C1CC(C2CCC(N3C4CCCCC4C4CCCCC43)CC2)CC(C2CCCC3C4CCC5OC6CCCCC6C5C4SC23)C1. The van der Waals surface area contributed by atoms with Crippen molar-refractivity contribution >= 4 is 11.8 Å². The summed E-state index contributed by atoms with van der Waals surface area (Å²) in [6.45, 7) is 0. The topological polar surface area (TPSA) is 12.5 Å². The Morgan fingerprint density at radius 3 is 1.82 bits per heavy atom. The van der Waals surface area contributed by atoms with E-state index >= 15 is 0 Å². The minimum atomic E-state index is 0.633. The zero-order valence-corrected chi connectivity index (χ0v) is 29.6. The lowest BCUT2D eigenvalue weighted by molar-refractivity contribution is -0.00301. The van der Waals surface area contributed by atoms with Crippen molar-refractivity contribution in [3.8, 4) is 0 Å². The summed E-state index contributed by atoms with van der Waals surface area (Å²) in [5.41, 5.74) is 0. The number of fused-ring (bicyclic) bond motifs is 10. The van der Waals surface area contributed by atoms with Gasteiger partial charge in [-0.2, -0.15) is 11.8 Å². The molecule has 7 saturated carbocycles. The molecule has 0 radical (unpaired) electrons. The summed E-state index contributed by atoms with van der Waals surface area (Å²) in [6.07, 6.45) is 39.6. The molecule has 10 aliphatic rings. The quantitative estimate of drug-likeness (QED) is 0.307. The molecule has 3 saturated heterocycles. The maximum absolute atomic E-state index is 6.83. The molecule has 0 N–H and O–H groups in total. The van der Waals surface area contributed by atoms with E-state index in [1.54, 1.807) is 96.3 Å². The van der Waals surface area contributed by atoms with E-state index in [4.69, 9.17) is 4.74 Å². The van der Waals surface area contributed by atoms with Gasteiger partial charge in [-0.3, -0.25) is 4.90 Å². The summed E-state index contributed by atoms with van der Waals surface area (Å²) in [7, 11) is 0. The molecule has 0 amide bonds. The lowest BCUT2D eigenvalue weighted by Gasteiger charge is -2.47. The molecular formula is C42H67NOS. The van der Waals surface area contributed by atoms with Gasteiger partial charge in [-0.25, -0.2) is 0 Å². The Balaban J connectivity index is 0.795. The molecule has 0 spiro atoms. The van der Waals surface area contributed by atoms with Gasteiger partial charge in [-0.15, -0.1) is 0 Å². The van der Waals surface area contributed by atoms with Crippen molar-refractivity contribution in [2.24, 2.45) is 59.2 Å². The standard InChI is InChI=1S/C42H67NOS/c1-4-16-36-31(11-1)32-12-2-5-17-37(32)43(36)29-21-19-26(20-22-29)27-9-7-10-28(25-27)30-14-8-15-33-34-23-24-39-40(42(34)45-41(30)33)35-13-3-6-18-38(35)44-39/h26-42H,1-25H2. The molecule has 0 aromatic carbocycles. The first-order valence-electron chi connectivity index (χ1n) is 21.4. The molecule has 2 nitrogen and oxygen atoms in total. The van der Waals surface area contributed by atoms with Crippen molar-refractivity contribution in [1.29, 1.82) is 0 Å². The minimum Gasteiger partial charge on any atom is -0.374 e. The Bertz CT molecular complexity index is 1020. The highest BCUT2D eigenvalue weighted by Crippen LogP contribution is 2.64. The summed E-state index contributed by atoms with van der Waals surface area (Å²) in [4.78, 5) is 3.25. The number of hydrogen-bond donors (Lipinski definition) is 0. The van der Waals surface area contributed by atoms with Crippen molar-refractivity contribution in [2.45, 2.75) is 201 Å². The minimum absolute atomic E-state index is 0.633. The van der Waals surface area contributed by atoms with Gasteiger partial charge < -0.3 is 4.74 Å². The van der Waals surface area contributed by atoms with Crippen LogP contribution in [0.4, 0.5) is 0 Å². The maximum Gasteiger partial charge on any atom is 0.0621 e. The van der Waals surface area contributed by atoms with Gasteiger partial charge in [0.2, 0.25) is 0 Å². The summed E-state index contributed by atoms with van der Waals surface area (Å²) >= 11 is 2.60. The third-order valence-corrected chi connectivity index (χ3v) is 19.5. The van der Waals surface area contributed by atoms with Crippen LogP contribution in [0.15, 0.2) is 0 Å². The molecule has 3 heteroatoms. The molecule has 252 valence electrons. The van der Waals surface area contributed by atoms with Gasteiger partial charge in [0.05, 0.1) is 12.2 Å². The summed E-state index contributed by atoms with van der Waals surface area (Å²) in [5.74, 6) is 10.3. The van der Waals surface area contributed by atoms with Crippen LogP contribution in [0.5, 0.6) is 0 Å². The lowest BCUT2D eigenvalue weighted by atomic mass is 9.60. The largest absolute Gasteiger partial charge is 0.374 e. The molecule has 15 unspecified atom stereocenters. The molecule has 3 heterocycles. The van der Waals surface area contributed by atoms with E-state index in [1.807, 2.05) is 0 Å². The van der Waals surface area contributed by atoms with Gasteiger partial charge in [0.15, 0.2) is 0 Å². The van der Waals surface area contributed by atoms with Crippen LogP contribution in [-0.4, -0.2) is 45.7 Å². The highest BCUT2D eigenvalue weighted by Gasteiger charge is 2.60. The lowest BCUT2D eigenvalue weighted by Crippen LogP contribution is -2.48. The normalized spacial score (nSPS) is 56.4. The highest BCUT2D eigenvalue weighted by molar-refractivity contribution is 8.00. The molecule has 45 heavy (non-hydrogen) atoms. The molecule has 0 aromatic heterocycles. The fourth-order valence-electron chi connectivity index (χ4n) is 15.8. The van der Waals surface area contributed by atoms with Gasteiger partial charge >= 0.3 is 0 Å². The second kappa shape index (κ2) is 12.5. The number of rotatable bonds is 3. The fraction of sp³-hybridized carbons (Fsp3) is 1.00. The molecule has 15 atom stereocenters. The van der Waals surface area contributed by atoms with Crippen LogP contribution in [-0.2, 0) is 4.74 Å². The van der Waals surface area contributed by atoms with Crippen molar-refractivity contribution in [3.05, 3.63) is 0 Å². The molecule has 3 aliphatic heterocycles. The monoisotopic (exact) mass is 633 g/mol. The number of nitrogens with zero attached hydrogens (tertiary/aromatic N) is 1. The van der Waals surface area contributed by atoms with Crippen LogP contribution in [0.1, 0.15) is 161 Å². The Morgan fingerprint density at radius 1 is 0.400 bits per heavy atom. The number of hydrogen-bond acceptors (Lipinski definition) is 3. The fourth-order valence-corrected chi connectivity index (χ4v) is 18.4. The summed E-state index contributed by atoms with van der Waals surface area (Å²) in [6, 6.07) is 2.91. The van der Waals surface area contributed by atoms with Crippen LogP contribution in [0, 0.1) is 59.2 Å². The van der Waals surface area contributed by atoms with Crippen LogP contribution < -0.4 is 0 Å². The van der Waals surface area contributed by atoms with E-state index in [0.717, 1.165) is 87.8 Å². The Kier molecular flexibility index (Phi) is 8.40. The molecule has 0 aromatic rings. The van der Waals surface area contributed by atoms with Gasteiger partial charge in [-0.05, 0) is 150 Å². The number of thioether (sulfide) groups is 1. The van der Waals surface area contributed by atoms with E-state index in [-0.39, 0.29) is 0 Å². The molecule has 0 bridgehead atoms. The Labute approximate surface area is 281 Å². The third-order valence-electron chi connectivity index (χ3n) is 17.5. The second-order valence-corrected chi connectivity index (χ2v) is 20.4. The predicted octanol–water partition coefficient (Wildman–Crippen LogP) is 10.7. The van der Waals surface area contributed by atoms with E-state index in [9.17, 15) is 0 Å². The van der Waals surface area contributed by atoms with E-state index in [0.29, 0.717) is 12.2 Å². The second-order valence-electron chi connectivity index (χ2n) is 19.0. The maximum atomic E-state index is 6.83. The number of ether oxygens (including phenoxy) is 1. The Morgan fingerprint density at radius 2 is 1.02 bits per heavy atom. The van der Waals surface area contributed by atoms with E-state index < -0.39 is 0 Å². The van der Waals surface area contributed by atoms with Crippen LogP contribution in [0.25, 0.3) is 0 Å².